The molecule has 2 aromatic rings. The number of hydrogen-bond acceptors (Lipinski definition) is 2. The molecule has 0 spiro atoms. The molecule has 0 unspecified atom stereocenters. The zero-order valence-electron chi connectivity index (χ0n) is 14.4. The van der Waals surface area contributed by atoms with Crippen molar-refractivity contribution in [1.29, 1.82) is 0 Å². The van der Waals surface area contributed by atoms with E-state index in [1.165, 1.54) is 11.1 Å². The third kappa shape index (κ3) is 5.57. The predicted molar refractivity (Wildman–Crippen MR) is 98.8 cm³/mol. The maximum atomic E-state index is 12.1. The van der Waals surface area contributed by atoms with Gasteiger partial charge in [-0.25, -0.2) is 0 Å². The molecule has 1 N–H and O–H groups in total. The second-order valence-electron chi connectivity index (χ2n) is 6.05. The highest BCUT2D eigenvalue weighted by Crippen LogP contribution is 2.20. The van der Waals surface area contributed by atoms with E-state index < -0.39 is 6.10 Å². The van der Waals surface area contributed by atoms with Crippen molar-refractivity contribution in [2.45, 2.75) is 39.7 Å². The Morgan fingerprint density at radius 3 is 2.54 bits per heavy atom. The van der Waals surface area contributed by atoms with Gasteiger partial charge in [-0.15, -0.1) is 0 Å². The summed E-state index contributed by atoms with van der Waals surface area (Å²) in [7, 11) is 0. The summed E-state index contributed by atoms with van der Waals surface area (Å²) < 4.78 is 5.76. The molecule has 2 aromatic carbocycles. The Morgan fingerprint density at radius 1 is 1.17 bits per heavy atom. The summed E-state index contributed by atoms with van der Waals surface area (Å²) in [5, 5.41) is 3.67. The molecule has 0 saturated heterocycles. The average Bonchev–Trinajstić information content (AvgIpc) is 2.55. The summed E-state index contributed by atoms with van der Waals surface area (Å²) in [6, 6.07) is 13.7. The third-order valence-corrected chi connectivity index (χ3v) is 4.11. The molecule has 24 heavy (non-hydrogen) atoms. The molecule has 0 aliphatic heterocycles. The summed E-state index contributed by atoms with van der Waals surface area (Å²) in [5.41, 5.74) is 3.43. The van der Waals surface area contributed by atoms with Crippen LogP contribution in [0, 0.1) is 13.8 Å². The summed E-state index contributed by atoms with van der Waals surface area (Å²) in [6.45, 7) is 6.42. The minimum absolute atomic E-state index is 0.0916. The van der Waals surface area contributed by atoms with E-state index in [2.05, 4.69) is 5.32 Å². The highest BCUT2D eigenvalue weighted by Gasteiger charge is 2.15. The van der Waals surface area contributed by atoms with Crippen LogP contribution in [0.3, 0.4) is 0 Å². The molecule has 0 bridgehead atoms. The fraction of sp³-hybridized carbons (Fsp3) is 0.350. The van der Waals surface area contributed by atoms with Gasteiger partial charge in [0.25, 0.3) is 5.91 Å². The molecule has 128 valence electrons. The summed E-state index contributed by atoms with van der Waals surface area (Å²) in [6.07, 6.45) is 1.27. The average molecular weight is 346 g/mol. The van der Waals surface area contributed by atoms with Gasteiger partial charge in [0.2, 0.25) is 0 Å². The number of carbonyl (C=O) groups is 1. The van der Waals surface area contributed by atoms with E-state index in [4.69, 9.17) is 16.3 Å². The Balaban J connectivity index is 1.74. The number of amides is 1. The van der Waals surface area contributed by atoms with Crippen LogP contribution in [0.15, 0.2) is 42.5 Å². The van der Waals surface area contributed by atoms with Gasteiger partial charge in [-0.2, -0.15) is 0 Å². The summed E-state index contributed by atoms with van der Waals surface area (Å²) >= 11 is 5.86. The lowest BCUT2D eigenvalue weighted by Gasteiger charge is -2.16. The van der Waals surface area contributed by atoms with E-state index in [0.717, 1.165) is 29.2 Å². The first kappa shape index (κ1) is 18.3. The number of ether oxygens (including phenoxy) is 1. The van der Waals surface area contributed by atoms with Crippen LogP contribution in [0.5, 0.6) is 5.75 Å². The molecule has 0 saturated carbocycles. The molecular formula is C20H24ClNO2. The maximum absolute atomic E-state index is 12.1. The van der Waals surface area contributed by atoms with E-state index in [-0.39, 0.29) is 5.91 Å². The van der Waals surface area contributed by atoms with Crippen molar-refractivity contribution in [3.8, 4) is 5.75 Å². The number of benzene rings is 2. The minimum Gasteiger partial charge on any atom is -0.481 e. The number of halogens is 1. The highest BCUT2D eigenvalue weighted by atomic mass is 35.5. The van der Waals surface area contributed by atoms with Gasteiger partial charge < -0.3 is 10.1 Å². The fourth-order valence-corrected chi connectivity index (χ4v) is 2.60. The zero-order chi connectivity index (χ0) is 17.5. The van der Waals surface area contributed by atoms with Crippen molar-refractivity contribution in [1.82, 2.24) is 5.32 Å². The van der Waals surface area contributed by atoms with Crippen LogP contribution in [0.4, 0.5) is 0 Å². The molecule has 0 radical (unpaired) electrons. The third-order valence-electron chi connectivity index (χ3n) is 3.86. The Labute approximate surface area is 149 Å². The van der Waals surface area contributed by atoms with Crippen LogP contribution < -0.4 is 10.1 Å². The number of nitrogens with one attached hydrogen (secondary N) is 1. The van der Waals surface area contributed by atoms with E-state index in [0.29, 0.717) is 6.54 Å². The van der Waals surface area contributed by atoms with Crippen LogP contribution in [-0.4, -0.2) is 18.6 Å². The zero-order valence-corrected chi connectivity index (χ0v) is 15.2. The van der Waals surface area contributed by atoms with E-state index in [1.54, 1.807) is 6.92 Å². The molecule has 0 aromatic heterocycles. The lowest BCUT2D eigenvalue weighted by Crippen LogP contribution is -2.37. The maximum Gasteiger partial charge on any atom is 0.260 e. The van der Waals surface area contributed by atoms with Crippen molar-refractivity contribution in [2.75, 3.05) is 6.54 Å². The van der Waals surface area contributed by atoms with Crippen molar-refractivity contribution < 1.29 is 9.53 Å². The number of rotatable bonds is 7. The van der Waals surface area contributed by atoms with Gasteiger partial charge in [0.05, 0.1) is 0 Å². The van der Waals surface area contributed by atoms with Gasteiger partial charge in [0.1, 0.15) is 5.75 Å². The van der Waals surface area contributed by atoms with E-state index >= 15 is 0 Å². The van der Waals surface area contributed by atoms with Crippen LogP contribution in [0.2, 0.25) is 5.02 Å². The lowest BCUT2D eigenvalue weighted by atomic mass is 10.1. The van der Waals surface area contributed by atoms with E-state index in [1.807, 2.05) is 56.3 Å². The first-order valence-electron chi connectivity index (χ1n) is 8.22. The first-order valence-corrected chi connectivity index (χ1v) is 8.59. The topological polar surface area (TPSA) is 38.3 Å². The molecule has 2 rings (SSSR count). The molecule has 0 aliphatic rings. The molecule has 0 aliphatic carbocycles. The normalized spacial score (nSPS) is 11.8. The molecule has 4 heteroatoms. The number of hydrogen-bond donors (Lipinski definition) is 1. The molecule has 1 amide bonds. The van der Waals surface area contributed by atoms with Gasteiger partial charge in [0.15, 0.2) is 6.10 Å². The number of carbonyl (C=O) groups excluding carboxylic acids is 1. The van der Waals surface area contributed by atoms with Crippen LogP contribution in [0.25, 0.3) is 0 Å². The Kier molecular flexibility index (Phi) is 6.68. The highest BCUT2D eigenvalue weighted by molar-refractivity contribution is 6.30. The molecule has 3 nitrogen and oxygen atoms in total. The minimum atomic E-state index is -0.512. The van der Waals surface area contributed by atoms with Crippen LogP contribution in [-0.2, 0) is 11.2 Å². The molecular weight excluding hydrogens is 322 g/mol. The second-order valence-corrected chi connectivity index (χ2v) is 6.49. The molecule has 0 fully saturated rings. The van der Waals surface area contributed by atoms with Gasteiger partial charge in [-0.1, -0.05) is 41.4 Å². The summed E-state index contributed by atoms with van der Waals surface area (Å²) in [5.74, 6) is 0.662. The van der Waals surface area contributed by atoms with Gasteiger partial charge in [0, 0.05) is 11.6 Å². The quantitative estimate of drug-likeness (QED) is 0.752. The lowest BCUT2D eigenvalue weighted by molar-refractivity contribution is -0.127. The standard InChI is InChI=1S/C20H24ClNO2/c1-14-6-11-19(15(2)13-14)24-16(3)20(23)22-12-4-5-17-7-9-18(21)10-8-17/h6-11,13,16H,4-5,12H2,1-3H3,(H,22,23)/t16-/m0/s1. The Bertz CT molecular complexity index is 683. The molecule has 0 heterocycles. The van der Waals surface area contributed by atoms with Gasteiger partial charge >= 0.3 is 0 Å². The van der Waals surface area contributed by atoms with Crippen LogP contribution in [0.1, 0.15) is 30.0 Å². The predicted octanol–water partition coefficient (Wildman–Crippen LogP) is 4.47. The SMILES string of the molecule is Cc1ccc(O[C@@H](C)C(=O)NCCCc2ccc(Cl)cc2)c(C)c1. The first-order chi connectivity index (χ1) is 11.5. The van der Waals surface area contributed by atoms with Crippen molar-refractivity contribution in [3.05, 3.63) is 64.2 Å². The Hall–Kier alpha value is -2.00. The Morgan fingerprint density at radius 2 is 1.88 bits per heavy atom. The smallest absolute Gasteiger partial charge is 0.260 e. The largest absolute Gasteiger partial charge is 0.481 e. The van der Waals surface area contributed by atoms with Gasteiger partial charge in [-0.05, 0) is 62.9 Å². The van der Waals surface area contributed by atoms with Crippen LogP contribution >= 0.6 is 11.6 Å². The van der Waals surface area contributed by atoms with Crippen molar-refractivity contribution in [2.24, 2.45) is 0 Å². The van der Waals surface area contributed by atoms with E-state index in [9.17, 15) is 4.79 Å². The van der Waals surface area contributed by atoms with Gasteiger partial charge in [-0.3, -0.25) is 4.79 Å². The molecule has 1 atom stereocenters. The van der Waals surface area contributed by atoms with Crippen molar-refractivity contribution >= 4 is 17.5 Å². The fourth-order valence-electron chi connectivity index (χ4n) is 2.47. The number of aryl methyl sites for hydroxylation is 3. The monoisotopic (exact) mass is 345 g/mol. The summed E-state index contributed by atoms with van der Waals surface area (Å²) in [4.78, 5) is 12.1. The second kappa shape index (κ2) is 8.74. The van der Waals surface area contributed by atoms with Crippen molar-refractivity contribution in [3.63, 3.8) is 0 Å².